The molecule has 1 aromatic carbocycles. The number of benzene rings is 1. The second-order valence-electron chi connectivity index (χ2n) is 15.3. The number of aliphatic hydroxyl groups excluding tert-OH is 1. The van der Waals surface area contributed by atoms with Crippen molar-refractivity contribution in [1.82, 2.24) is 0 Å². The highest BCUT2D eigenvalue weighted by atomic mass is 16.6. The van der Waals surface area contributed by atoms with Gasteiger partial charge in [0, 0.05) is 41.4 Å². The number of carboxylic acids is 1. The van der Waals surface area contributed by atoms with Gasteiger partial charge in [-0.2, -0.15) is 0 Å². The van der Waals surface area contributed by atoms with Crippen molar-refractivity contribution in [3.63, 3.8) is 0 Å². The number of hydrogen-bond acceptors (Lipinski definition) is 8. The van der Waals surface area contributed by atoms with Crippen LogP contribution in [0.5, 0.6) is 17.2 Å². The van der Waals surface area contributed by atoms with E-state index in [4.69, 9.17) is 14.2 Å². The molecule has 0 amide bonds. The molecule has 1 saturated heterocycles. The minimum atomic E-state index is -1.67. The zero-order valence-electron chi connectivity index (χ0n) is 28.6. The minimum absolute atomic E-state index is 0.0497. The molecule has 3 N–H and O–H groups in total. The van der Waals surface area contributed by atoms with Gasteiger partial charge in [0.15, 0.2) is 22.8 Å². The van der Waals surface area contributed by atoms with Gasteiger partial charge < -0.3 is 29.5 Å². The first-order valence-electron chi connectivity index (χ1n) is 16.5. The Hall–Kier alpha value is -3.69. The first kappa shape index (κ1) is 33.2. The van der Waals surface area contributed by atoms with Gasteiger partial charge in [-0.15, -0.1) is 0 Å². The molecule has 7 rings (SSSR count). The molecule has 9 nitrogen and oxygen atoms in total. The molecule has 1 saturated carbocycles. The lowest BCUT2D eigenvalue weighted by molar-refractivity contribution is -0.171. The molecule has 3 heterocycles. The van der Waals surface area contributed by atoms with Gasteiger partial charge in [0.1, 0.15) is 28.4 Å². The number of phenols is 1. The van der Waals surface area contributed by atoms with Crippen molar-refractivity contribution >= 4 is 17.5 Å². The third-order valence-corrected chi connectivity index (χ3v) is 10.9. The summed E-state index contributed by atoms with van der Waals surface area (Å²) < 4.78 is 20.6. The van der Waals surface area contributed by atoms with E-state index < -0.39 is 52.1 Å². The van der Waals surface area contributed by atoms with E-state index in [0.29, 0.717) is 18.4 Å². The number of rotatable bonds is 8. The average Bonchev–Trinajstić information content (AvgIpc) is 3.11. The fraction of sp³-hybridized carbons (Fsp3) is 0.553. The van der Waals surface area contributed by atoms with Crippen LogP contribution in [-0.4, -0.2) is 55.3 Å². The van der Waals surface area contributed by atoms with Crippen molar-refractivity contribution < 1.29 is 43.9 Å². The SMILES string of the molecule is CC(C)=CCCC1(C)CC(O)c2c(O)c3c(c(CC=C(C)C)c2O1)O[C@@]12C(=C[C@@H]4C[C@@H]1C(C)(C)O[C@]2(C/C=C(\C)C(=O)O)C4=O)C3=O. The maximum atomic E-state index is 14.8. The topological polar surface area (TPSA) is 140 Å². The van der Waals surface area contributed by atoms with Crippen molar-refractivity contribution in [1.29, 1.82) is 0 Å². The number of ketones is 2. The molecule has 0 radical (unpaired) electrons. The van der Waals surface area contributed by atoms with Crippen LogP contribution < -0.4 is 9.47 Å². The Balaban J connectivity index is 1.60. The van der Waals surface area contributed by atoms with E-state index in [1.807, 2.05) is 54.5 Å². The molecule has 6 atom stereocenters. The minimum Gasteiger partial charge on any atom is -0.506 e. The first-order valence-corrected chi connectivity index (χ1v) is 16.5. The second kappa shape index (κ2) is 10.9. The average molecular weight is 647 g/mol. The highest BCUT2D eigenvalue weighted by Gasteiger charge is 2.81. The van der Waals surface area contributed by atoms with Crippen LogP contribution in [0.1, 0.15) is 115 Å². The van der Waals surface area contributed by atoms with Crippen molar-refractivity contribution in [3.8, 4) is 17.2 Å². The van der Waals surface area contributed by atoms with Gasteiger partial charge in [-0.1, -0.05) is 35.5 Å². The molecular formula is C38H46O9. The molecule has 1 spiro atoms. The molecule has 47 heavy (non-hydrogen) atoms. The molecule has 2 fully saturated rings. The Morgan fingerprint density at radius 2 is 1.68 bits per heavy atom. The van der Waals surface area contributed by atoms with Crippen LogP contribution in [0.2, 0.25) is 0 Å². The number of carboxylic acid groups (broad SMARTS) is 1. The van der Waals surface area contributed by atoms with Gasteiger partial charge in [0.25, 0.3) is 0 Å². The standard InChI is InChI=1S/C38H46O9/c1-19(2)10-9-14-36(8)18-25(39)27-30(41)28-29(40)24-16-22-17-26-35(6,7)47-37(33(22)42,15-13-21(5)34(43)44)38(24,26)46-32(28)23(31(27)45-36)12-11-20(3)4/h10-11,13,16,22,25-26,39,41H,9,12,14-15,17-18H2,1-8H3,(H,43,44)/b21-13+/t22-,25?,26-,36?,37-,38+/m1/s1. The third-order valence-electron chi connectivity index (χ3n) is 10.9. The smallest absolute Gasteiger partial charge is 0.330 e. The number of aliphatic carboxylic acids is 1. The number of phenolic OH excluding ortho intramolecular Hbond substituents is 1. The Labute approximate surface area is 276 Å². The number of aromatic hydroxyl groups is 1. The maximum absolute atomic E-state index is 14.8. The summed E-state index contributed by atoms with van der Waals surface area (Å²) in [6.07, 6.45) is 8.28. The molecular weight excluding hydrogens is 600 g/mol. The molecule has 0 aromatic heterocycles. The van der Waals surface area contributed by atoms with Crippen molar-refractivity contribution in [2.75, 3.05) is 0 Å². The number of allylic oxidation sites excluding steroid dienone is 5. The number of aliphatic hydroxyl groups is 1. The number of carbonyl (C=O) groups is 3. The van der Waals surface area contributed by atoms with Gasteiger partial charge in [-0.05, 0) is 81.1 Å². The molecule has 2 unspecified atom stereocenters. The van der Waals surface area contributed by atoms with Crippen LogP contribution in [0.15, 0.2) is 46.6 Å². The lowest BCUT2D eigenvalue weighted by Crippen LogP contribution is -2.72. The summed E-state index contributed by atoms with van der Waals surface area (Å²) in [6.45, 7) is 15.1. The fourth-order valence-corrected chi connectivity index (χ4v) is 8.64. The second-order valence-corrected chi connectivity index (χ2v) is 15.3. The lowest BCUT2D eigenvalue weighted by atomic mass is 9.51. The predicted molar refractivity (Wildman–Crippen MR) is 175 cm³/mol. The number of fused-ring (bicyclic) bond motifs is 2. The van der Waals surface area contributed by atoms with Crippen LogP contribution in [-0.2, 0) is 20.7 Å². The van der Waals surface area contributed by atoms with E-state index in [0.717, 1.165) is 12.0 Å². The van der Waals surface area contributed by atoms with Gasteiger partial charge >= 0.3 is 5.97 Å². The molecule has 1 aromatic rings. The molecule has 3 aliphatic heterocycles. The monoisotopic (exact) mass is 646 g/mol. The van der Waals surface area contributed by atoms with Gasteiger partial charge in [0.05, 0.1) is 17.3 Å². The van der Waals surface area contributed by atoms with E-state index >= 15 is 0 Å². The normalized spacial score (nSPS) is 32.7. The zero-order valence-corrected chi connectivity index (χ0v) is 28.6. The summed E-state index contributed by atoms with van der Waals surface area (Å²) in [4.78, 5) is 40.9. The zero-order chi connectivity index (χ0) is 34.4. The Kier molecular flexibility index (Phi) is 7.72. The summed E-state index contributed by atoms with van der Waals surface area (Å²) in [7, 11) is 0. The highest BCUT2D eigenvalue weighted by molar-refractivity contribution is 6.18. The van der Waals surface area contributed by atoms with E-state index in [-0.39, 0.29) is 64.6 Å². The molecule has 252 valence electrons. The Bertz CT molecular complexity index is 1720. The quantitative estimate of drug-likeness (QED) is 0.209. The van der Waals surface area contributed by atoms with Gasteiger partial charge in [0.2, 0.25) is 0 Å². The van der Waals surface area contributed by atoms with Crippen LogP contribution in [0.4, 0.5) is 0 Å². The molecule has 9 heteroatoms. The van der Waals surface area contributed by atoms with Crippen LogP contribution in [0, 0.1) is 11.8 Å². The summed E-state index contributed by atoms with van der Waals surface area (Å²) in [6, 6.07) is 0. The van der Waals surface area contributed by atoms with Crippen LogP contribution >= 0.6 is 0 Å². The number of hydrogen-bond donors (Lipinski definition) is 3. The number of Topliss-reactive ketones (excluding diaryl/α,β-unsaturated/α-hetero) is 2. The Morgan fingerprint density at radius 1 is 1.00 bits per heavy atom. The summed E-state index contributed by atoms with van der Waals surface area (Å²) in [5.41, 5.74) is -1.83. The summed E-state index contributed by atoms with van der Waals surface area (Å²) in [5, 5.41) is 33.0. The van der Waals surface area contributed by atoms with Crippen LogP contribution in [0.3, 0.4) is 0 Å². The first-order chi connectivity index (χ1) is 21.9. The van der Waals surface area contributed by atoms with Gasteiger partial charge in [-0.25, -0.2) is 4.79 Å². The van der Waals surface area contributed by atoms with E-state index in [1.165, 1.54) is 18.6 Å². The van der Waals surface area contributed by atoms with Crippen molar-refractivity contribution in [2.24, 2.45) is 11.8 Å². The lowest BCUT2D eigenvalue weighted by Gasteiger charge is -2.56. The summed E-state index contributed by atoms with van der Waals surface area (Å²) >= 11 is 0. The summed E-state index contributed by atoms with van der Waals surface area (Å²) in [5.74, 6) is -2.90. The predicted octanol–water partition coefficient (Wildman–Crippen LogP) is 6.65. The van der Waals surface area contributed by atoms with E-state index in [9.17, 15) is 29.7 Å². The molecule has 3 aliphatic carbocycles. The third kappa shape index (κ3) is 4.75. The fourth-order valence-electron chi connectivity index (χ4n) is 8.64. The van der Waals surface area contributed by atoms with E-state index in [1.54, 1.807) is 6.08 Å². The molecule has 4 bridgehead atoms. The maximum Gasteiger partial charge on any atom is 0.330 e. The Morgan fingerprint density at radius 3 is 2.32 bits per heavy atom. The van der Waals surface area contributed by atoms with Crippen LogP contribution in [0.25, 0.3) is 0 Å². The number of ether oxygens (including phenoxy) is 3. The van der Waals surface area contributed by atoms with Crippen molar-refractivity contribution in [3.05, 3.63) is 63.3 Å². The molecule has 6 aliphatic rings. The van der Waals surface area contributed by atoms with E-state index in [2.05, 4.69) is 6.08 Å². The highest BCUT2D eigenvalue weighted by Crippen LogP contribution is 2.69. The number of carbonyl (C=O) groups excluding carboxylic acids is 2. The van der Waals surface area contributed by atoms with Gasteiger partial charge in [-0.3, -0.25) is 9.59 Å². The van der Waals surface area contributed by atoms with Crippen molar-refractivity contribution in [2.45, 2.75) is 122 Å². The largest absolute Gasteiger partial charge is 0.506 e.